The maximum absolute atomic E-state index is 11.0. The first kappa shape index (κ1) is 29.9. The van der Waals surface area contributed by atoms with Crippen LogP contribution in [0.5, 0.6) is 0 Å². The molecule has 2 aliphatic rings. The smallest absolute Gasteiger partial charge is 0.167 e. The van der Waals surface area contributed by atoms with E-state index in [1.807, 2.05) is 0 Å². The Morgan fingerprint density at radius 2 is 1.93 bits per heavy atom. The van der Waals surface area contributed by atoms with Crippen molar-refractivity contribution in [3.63, 3.8) is 0 Å². The minimum absolute atomic E-state index is 0.114. The van der Waals surface area contributed by atoms with E-state index in [4.69, 9.17) is 15.5 Å². The van der Waals surface area contributed by atoms with Gasteiger partial charge < -0.3 is 25.7 Å². The van der Waals surface area contributed by atoms with Crippen LogP contribution < -0.4 is 5.73 Å². The highest BCUT2D eigenvalue weighted by Crippen LogP contribution is 2.48. The number of anilines is 1. The van der Waals surface area contributed by atoms with Gasteiger partial charge in [0.25, 0.3) is 0 Å². The van der Waals surface area contributed by atoms with Crippen LogP contribution in [0.4, 0.5) is 5.82 Å². The molecule has 0 spiro atoms. The van der Waals surface area contributed by atoms with Gasteiger partial charge >= 0.3 is 0 Å². The molecule has 11 nitrogen and oxygen atoms in total. The van der Waals surface area contributed by atoms with Crippen LogP contribution in [0.15, 0.2) is 30.9 Å². The number of nitrogens with one attached hydrogen (secondary N) is 1. The monoisotopic (exact) mass is 590 g/mol. The number of nitrogens with two attached hydrogens (primary N) is 1. The quantitative estimate of drug-likeness (QED) is 0.227. The van der Waals surface area contributed by atoms with Crippen molar-refractivity contribution >= 4 is 28.0 Å². The van der Waals surface area contributed by atoms with Crippen LogP contribution in [-0.4, -0.2) is 82.0 Å². The summed E-state index contributed by atoms with van der Waals surface area (Å²) in [6.45, 7) is 14.8. The van der Waals surface area contributed by atoms with E-state index in [1.54, 1.807) is 4.57 Å². The molecule has 4 aromatic rings. The Hall–Kier alpha value is -3.12. The summed E-state index contributed by atoms with van der Waals surface area (Å²) in [4.78, 5) is 23.3. The van der Waals surface area contributed by atoms with Gasteiger partial charge in [-0.1, -0.05) is 33.8 Å². The number of nitrogens with zero attached hydrogens (tertiary/aromatic N) is 6. The lowest BCUT2D eigenvalue weighted by Crippen LogP contribution is -2.50. The Kier molecular flexibility index (Phi) is 7.73. The SMILES string of the molecule is CC(C)N(CC1OC(n2cnc3c(N)ncnc32)C(O)C1O)CC1(C)CC(CCc2nc3ccc(C(C)(C)C)cc3[nH]2)C1. The molecule has 1 saturated carbocycles. The molecule has 4 atom stereocenters. The Morgan fingerprint density at radius 3 is 2.65 bits per heavy atom. The largest absolute Gasteiger partial charge is 0.387 e. The molecule has 0 amide bonds. The number of hydrogen-bond acceptors (Lipinski definition) is 9. The van der Waals surface area contributed by atoms with Gasteiger partial charge in [-0.15, -0.1) is 0 Å². The number of aromatic nitrogens is 6. The molecule has 3 aromatic heterocycles. The van der Waals surface area contributed by atoms with Gasteiger partial charge in [-0.05, 0) is 67.6 Å². The maximum atomic E-state index is 11.0. The number of fused-ring (bicyclic) bond motifs is 2. The third-order valence-corrected chi connectivity index (χ3v) is 9.48. The van der Waals surface area contributed by atoms with Gasteiger partial charge in [0.2, 0.25) is 0 Å². The average Bonchev–Trinajstić information content (AvgIpc) is 3.61. The molecule has 1 aliphatic carbocycles. The Labute approximate surface area is 252 Å². The Balaban J connectivity index is 1.04. The molecule has 0 bridgehead atoms. The predicted molar refractivity (Wildman–Crippen MR) is 166 cm³/mol. The van der Waals surface area contributed by atoms with E-state index >= 15 is 0 Å². The van der Waals surface area contributed by atoms with Crippen molar-refractivity contribution in [3.05, 3.63) is 42.2 Å². The number of benzene rings is 1. The standard InChI is InChI=1S/C32H46N8O3/c1-18(2)39(14-23-26(41)27(42)30(43-23)40-17-36-25-28(33)34-16-35-29(25)40)15-32(6)12-19(13-32)7-10-24-37-21-9-8-20(31(3,4)5)11-22(21)38-24/h8-9,11,16-19,23,26-27,30,41-42H,7,10,12-15H2,1-6H3,(H,37,38)(H2,33,34,35). The fraction of sp³-hybridized carbons (Fsp3) is 0.625. The summed E-state index contributed by atoms with van der Waals surface area (Å²) in [5, 5.41) is 21.9. The summed E-state index contributed by atoms with van der Waals surface area (Å²) in [5.41, 5.74) is 10.6. The molecule has 0 radical (unpaired) electrons. The van der Waals surface area contributed by atoms with E-state index in [2.05, 4.69) is 84.6 Å². The number of aromatic amines is 1. The highest BCUT2D eigenvalue weighted by molar-refractivity contribution is 5.81. The molecule has 43 heavy (non-hydrogen) atoms. The number of aryl methyl sites for hydroxylation is 1. The van der Waals surface area contributed by atoms with Crippen molar-refractivity contribution in [2.75, 3.05) is 18.8 Å². The van der Waals surface area contributed by atoms with Gasteiger partial charge in [-0.2, -0.15) is 0 Å². The zero-order chi connectivity index (χ0) is 30.7. The predicted octanol–water partition coefficient (Wildman–Crippen LogP) is 3.96. The molecular weight excluding hydrogens is 544 g/mol. The van der Waals surface area contributed by atoms with Crippen LogP contribution >= 0.6 is 0 Å². The highest BCUT2D eigenvalue weighted by Gasteiger charge is 2.47. The minimum atomic E-state index is -1.12. The van der Waals surface area contributed by atoms with E-state index in [0.29, 0.717) is 23.6 Å². The molecule has 6 rings (SSSR count). The number of imidazole rings is 2. The van der Waals surface area contributed by atoms with Gasteiger partial charge in [0, 0.05) is 25.6 Å². The van der Waals surface area contributed by atoms with Gasteiger partial charge in [0.05, 0.1) is 17.4 Å². The molecule has 4 unspecified atom stereocenters. The van der Waals surface area contributed by atoms with E-state index in [9.17, 15) is 10.2 Å². The van der Waals surface area contributed by atoms with Crippen molar-refractivity contribution in [1.29, 1.82) is 0 Å². The van der Waals surface area contributed by atoms with Crippen LogP contribution in [0, 0.1) is 11.3 Å². The number of nitrogen functional groups attached to an aromatic ring is 1. The lowest BCUT2D eigenvalue weighted by molar-refractivity contribution is -0.0586. The van der Waals surface area contributed by atoms with Crippen molar-refractivity contribution in [3.8, 4) is 0 Å². The second-order valence-electron chi connectivity index (χ2n) is 14.4. The Morgan fingerprint density at radius 1 is 1.16 bits per heavy atom. The molecule has 11 heteroatoms. The van der Waals surface area contributed by atoms with Gasteiger partial charge in [-0.25, -0.2) is 19.9 Å². The van der Waals surface area contributed by atoms with Gasteiger partial charge in [-0.3, -0.25) is 9.47 Å². The number of H-pyrrole nitrogens is 1. The lowest BCUT2D eigenvalue weighted by atomic mass is 9.61. The van der Waals surface area contributed by atoms with E-state index in [0.717, 1.165) is 49.1 Å². The third-order valence-electron chi connectivity index (χ3n) is 9.48. The summed E-state index contributed by atoms with van der Waals surface area (Å²) in [5.74, 6) is 2.00. The Bertz CT molecular complexity index is 1580. The molecule has 5 N–H and O–H groups in total. The van der Waals surface area contributed by atoms with Crippen LogP contribution in [0.3, 0.4) is 0 Å². The number of aliphatic hydroxyl groups is 2. The molecule has 1 saturated heterocycles. The zero-order valence-electron chi connectivity index (χ0n) is 26.2. The van der Waals surface area contributed by atoms with Crippen LogP contribution in [-0.2, 0) is 16.6 Å². The molecule has 1 aromatic carbocycles. The average molecular weight is 591 g/mol. The number of rotatable bonds is 9. The molecule has 232 valence electrons. The van der Waals surface area contributed by atoms with E-state index < -0.39 is 24.5 Å². The third kappa shape index (κ3) is 5.87. The van der Waals surface area contributed by atoms with Gasteiger partial charge in [0.15, 0.2) is 17.7 Å². The van der Waals surface area contributed by atoms with E-state index in [1.165, 1.54) is 18.2 Å². The summed E-state index contributed by atoms with van der Waals surface area (Å²) >= 11 is 0. The minimum Gasteiger partial charge on any atom is -0.387 e. The van der Waals surface area contributed by atoms with Gasteiger partial charge in [0.1, 0.15) is 36.0 Å². The number of aliphatic hydroxyl groups excluding tert-OH is 2. The normalized spacial score (nSPS) is 28.0. The summed E-state index contributed by atoms with van der Waals surface area (Å²) < 4.78 is 7.88. The van der Waals surface area contributed by atoms with Crippen LogP contribution in [0.1, 0.15) is 78.4 Å². The summed E-state index contributed by atoms with van der Waals surface area (Å²) in [6.07, 6.45) is 3.77. The lowest BCUT2D eigenvalue weighted by Gasteiger charge is -2.49. The topological polar surface area (TPSA) is 151 Å². The highest BCUT2D eigenvalue weighted by atomic mass is 16.6. The molecule has 2 fully saturated rings. The number of hydrogen-bond donors (Lipinski definition) is 4. The summed E-state index contributed by atoms with van der Waals surface area (Å²) in [6, 6.07) is 6.82. The fourth-order valence-electron chi connectivity index (χ4n) is 7.00. The molecule has 1 aliphatic heterocycles. The molecular formula is C32H46N8O3. The zero-order valence-corrected chi connectivity index (χ0v) is 26.2. The van der Waals surface area contributed by atoms with Crippen molar-refractivity contribution < 1.29 is 14.9 Å². The first-order chi connectivity index (χ1) is 20.3. The van der Waals surface area contributed by atoms with Crippen molar-refractivity contribution in [2.24, 2.45) is 11.3 Å². The molecule has 4 heterocycles. The summed E-state index contributed by atoms with van der Waals surface area (Å²) in [7, 11) is 0. The van der Waals surface area contributed by atoms with Crippen molar-refractivity contribution in [1.82, 2.24) is 34.4 Å². The second-order valence-corrected chi connectivity index (χ2v) is 14.4. The number of ether oxygens (including phenoxy) is 1. The van der Waals surface area contributed by atoms with Crippen LogP contribution in [0.2, 0.25) is 0 Å². The second kappa shape index (κ2) is 11.1. The van der Waals surface area contributed by atoms with Crippen molar-refractivity contribution in [2.45, 2.75) is 103 Å². The fourth-order valence-corrected chi connectivity index (χ4v) is 7.00. The first-order valence-electron chi connectivity index (χ1n) is 15.5. The maximum Gasteiger partial charge on any atom is 0.167 e. The van der Waals surface area contributed by atoms with E-state index in [-0.39, 0.29) is 22.7 Å². The first-order valence-corrected chi connectivity index (χ1v) is 15.5. The van der Waals surface area contributed by atoms with Crippen LogP contribution in [0.25, 0.3) is 22.2 Å².